The van der Waals surface area contributed by atoms with E-state index in [9.17, 15) is 13.6 Å². The van der Waals surface area contributed by atoms with Crippen LogP contribution in [0.5, 0.6) is 0 Å². The van der Waals surface area contributed by atoms with Crippen molar-refractivity contribution in [1.82, 2.24) is 20.3 Å². The van der Waals surface area contributed by atoms with Crippen molar-refractivity contribution in [3.05, 3.63) is 11.9 Å². The van der Waals surface area contributed by atoms with Gasteiger partial charge in [0, 0.05) is 6.04 Å². The Morgan fingerprint density at radius 1 is 1.55 bits per heavy atom. The number of halogens is 2. The van der Waals surface area contributed by atoms with E-state index in [-0.39, 0.29) is 16.4 Å². The quantitative estimate of drug-likeness (QED) is 0.860. The molecule has 2 N–H and O–H groups in total. The normalized spacial score (nSPS) is 28.8. The highest BCUT2D eigenvalue weighted by molar-refractivity contribution is 5.92. The number of nitrogens with zero attached hydrogens (tertiary/aromatic N) is 3. The van der Waals surface area contributed by atoms with Crippen LogP contribution in [0.4, 0.5) is 8.78 Å². The van der Waals surface area contributed by atoms with Gasteiger partial charge in [-0.2, -0.15) is 13.5 Å². The van der Waals surface area contributed by atoms with Gasteiger partial charge in [0.1, 0.15) is 6.61 Å². The molecule has 4 atom stereocenters. The van der Waals surface area contributed by atoms with Crippen molar-refractivity contribution in [2.45, 2.75) is 44.7 Å². The Balaban J connectivity index is 1.62. The molecule has 0 radical (unpaired) electrons. The molecule has 0 saturated heterocycles. The molecule has 6 nitrogen and oxygen atoms in total. The SMILES string of the molecule is CC(NC(=O)c1cn(C(F)(F)CO)nn1)C1CC2CCC1C2. The summed E-state index contributed by atoms with van der Waals surface area (Å²) in [5, 5.41) is 18.1. The maximum atomic E-state index is 13.3. The first kappa shape index (κ1) is 15.3. The fourth-order valence-electron chi connectivity index (χ4n) is 3.89. The number of carbonyl (C=O) groups is 1. The summed E-state index contributed by atoms with van der Waals surface area (Å²) in [6.07, 6.45) is 5.73. The zero-order valence-electron chi connectivity index (χ0n) is 12.4. The lowest BCUT2D eigenvalue weighted by molar-refractivity contribution is -0.131. The summed E-state index contributed by atoms with van der Waals surface area (Å²) in [5.74, 6) is 1.39. The average Bonchev–Trinajstić information content (AvgIpc) is 3.22. The molecule has 1 heterocycles. The molecule has 1 amide bonds. The number of aliphatic hydroxyl groups excluding tert-OH is 1. The van der Waals surface area contributed by atoms with Gasteiger partial charge in [-0.15, -0.1) is 5.10 Å². The van der Waals surface area contributed by atoms with Crippen molar-refractivity contribution in [2.24, 2.45) is 17.8 Å². The molecular formula is C14H20F2N4O2. The van der Waals surface area contributed by atoms with Gasteiger partial charge in [-0.1, -0.05) is 11.6 Å². The molecule has 3 rings (SSSR count). The molecule has 2 aliphatic carbocycles. The minimum atomic E-state index is -3.55. The van der Waals surface area contributed by atoms with Gasteiger partial charge in [0.15, 0.2) is 5.69 Å². The zero-order chi connectivity index (χ0) is 15.9. The van der Waals surface area contributed by atoms with Crippen LogP contribution in [0.3, 0.4) is 0 Å². The van der Waals surface area contributed by atoms with Crippen molar-refractivity contribution in [2.75, 3.05) is 6.61 Å². The summed E-state index contributed by atoms with van der Waals surface area (Å²) in [7, 11) is 0. The molecule has 22 heavy (non-hydrogen) atoms. The highest BCUT2D eigenvalue weighted by Gasteiger charge is 2.42. The first-order valence-electron chi connectivity index (χ1n) is 7.63. The van der Waals surface area contributed by atoms with E-state index in [2.05, 4.69) is 15.6 Å². The predicted octanol–water partition coefficient (Wildman–Crippen LogP) is 1.37. The second kappa shape index (κ2) is 5.57. The monoisotopic (exact) mass is 314 g/mol. The third-order valence-electron chi connectivity index (χ3n) is 5.05. The first-order valence-corrected chi connectivity index (χ1v) is 7.63. The summed E-state index contributed by atoms with van der Waals surface area (Å²) < 4.78 is 26.7. The summed E-state index contributed by atoms with van der Waals surface area (Å²) in [6.45, 7) is 0.564. The Morgan fingerprint density at radius 2 is 2.32 bits per heavy atom. The first-order chi connectivity index (χ1) is 10.4. The summed E-state index contributed by atoms with van der Waals surface area (Å²) in [4.78, 5) is 12.1. The zero-order valence-corrected chi connectivity index (χ0v) is 12.4. The molecular weight excluding hydrogens is 294 g/mol. The molecule has 1 aromatic heterocycles. The number of aliphatic hydroxyl groups is 1. The second-order valence-electron chi connectivity index (χ2n) is 6.47. The van der Waals surface area contributed by atoms with Crippen molar-refractivity contribution >= 4 is 5.91 Å². The number of aromatic nitrogens is 3. The van der Waals surface area contributed by atoms with Crippen molar-refractivity contribution in [1.29, 1.82) is 0 Å². The lowest BCUT2D eigenvalue weighted by Crippen LogP contribution is -2.40. The molecule has 1 aromatic rings. The van der Waals surface area contributed by atoms with Crippen LogP contribution in [0.15, 0.2) is 6.20 Å². The van der Waals surface area contributed by atoms with Gasteiger partial charge in [-0.25, -0.2) is 0 Å². The summed E-state index contributed by atoms with van der Waals surface area (Å²) in [6, 6.07) is -3.56. The van der Waals surface area contributed by atoms with Crippen LogP contribution in [0.25, 0.3) is 0 Å². The third-order valence-corrected chi connectivity index (χ3v) is 5.05. The van der Waals surface area contributed by atoms with Gasteiger partial charge < -0.3 is 10.4 Å². The Morgan fingerprint density at radius 3 is 2.91 bits per heavy atom. The van der Waals surface area contributed by atoms with E-state index in [4.69, 9.17) is 5.11 Å². The number of nitrogens with one attached hydrogen (secondary N) is 1. The maximum absolute atomic E-state index is 13.3. The Labute approximate surface area is 126 Å². The number of fused-ring (bicyclic) bond motifs is 2. The summed E-state index contributed by atoms with van der Waals surface area (Å²) >= 11 is 0. The van der Waals surface area contributed by atoms with E-state index < -0.39 is 18.6 Å². The van der Waals surface area contributed by atoms with Crippen LogP contribution in [-0.4, -0.2) is 38.7 Å². The van der Waals surface area contributed by atoms with Gasteiger partial charge in [0.2, 0.25) is 0 Å². The molecule has 122 valence electrons. The largest absolute Gasteiger partial charge is 0.388 e. The van der Waals surface area contributed by atoms with E-state index in [1.165, 1.54) is 19.3 Å². The molecule has 8 heteroatoms. The lowest BCUT2D eigenvalue weighted by Gasteiger charge is -2.28. The number of amides is 1. The molecule has 0 spiro atoms. The molecule has 2 bridgehead atoms. The number of hydrogen-bond acceptors (Lipinski definition) is 4. The number of hydrogen-bond donors (Lipinski definition) is 2. The molecule has 2 fully saturated rings. The molecule has 2 aliphatic rings. The number of carbonyl (C=O) groups excluding carboxylic acids is 1. The van der Waals surface area contributed by atoms with E-state index in [0.717, 1.165) is 18.5 Å². The Bertz CT molecular complexity index is 563. The minimum Gasteiger partial charge on any atom is -0.388 e. The topological polar surface area (TPSA) is 80.0 Å². The fraction of sp³-hybridized carbons (Fsp3) is 0.786. The van der Waals surface area contributed by atoms with Crippen molar-refractivity contribution < 1.29 is 18.7 Å². The average molecular weight is 314 g/mol. The summed E-state index contributed by atoms with van der Waals surface area (Å²) in [5.41, 5.74) is -0.164. The standard InChI is InChI=1S/C14H20F2N4O2/c1-8(11-5-9-2-3-10(11)4-9)17-13(22)12-6-20(19-18-12)14(15,16)7-21/h6,8-11,21H,2-5,7H2,1H3,(H,17,22). The highest BCUT2D eigenvalue weighted by atomic mass is 19.3. The molecule has 4 unspecified atom stereocenters. The maximum Gasteiger partial charge on any atom is 0.367 e. The van der Waals surface area contributed by atoms with Gasteiger partial charge >= 0.3 is 6.05 Å². The second-order valence-corrected chi connectivity index (χ2v) is 6.47. The van der Waals surface area contributed by atoms with Crippen LogP contribution in [0.1, 0.15) is 43.1 Å². The van der Waals surface area contributed by atoms with Crippen molar-refractivity contribution in [3.63, 3.8) is 0 Å². The Hall–Kier alpha value is -1.57. The molecule has 2 saturated carbocycles. The van der Waals surface area contributed by atoms with Crippen LogP contribution in [0.2, 0.25) is 0 Å². The Kier molecular flexibility index (Phi) is 3.88. The van der Waals surface area contributed by atoms with E-state index >= 15 is 0 Å². The molecule has 0 aromatic carbocycles. The number of rotatable bonds is 5. The smallest absolute Gasteiger partial charge is 0.367 e. The fourth-order valence-corrected chi connectivity index (χ4v) is 3.89. The van der Waals surface area contributed by atoms with E-state index in [1.54, 1.807) is 0 Å². The predicted molar refractivity (Wildman–Crippen MR) is 73.2 cm³/mol. The van der Waals surface area contributed by atoms with Gasteiger partial charge in [-0.3, -0.25) is 4.79 Å². The van der Waals surface area contributed by atoms with Crippen LogP contribution in [-0.2, 0) is 6.05 Å². The third kappa shape index (κ3) is 2.71. The van der Waals surface area contributed by atoms with E-state index in [1.807, 2.05) is 6.92 Å². The highest BCUT2D eigenvalue weighted by Crippen LogP contribution is 2.49. The van der Waals surface area contributed by atoms with Crippen LogP contribution < -0.4 is 5.32 Å². The van der Waals surface area contributed by atoms with Crippen LogP contribution in [0, 0.1) is 17.8 Å². The van der Waals surface area contributed by atoms with Gasteiger partial charge in [0.05, 0.1) is 6.20 Å². The lowest BCUT2D eigenvalue weighted by atomic mass is 9.84. The number of alkyl halides is 2. The van der Waals surface area contributed by atoms with Crippen molar-refractivity contribution in [3.8, 4) is 0 Å². The van der Waals surface area contributed by atoms with Gasteiger partial charge in [-0.05, 0) is 43.9 Å². The molecule has 0 aliphatic heterocycles. The van der Waals surface area contributed by atoms with Gasteiger partial charge in [0.25, 0.3) is 5.91 Å². The van der Waals surface area contributed by atoms with Crippen LogP contribution >= 0.6 is 0 Å². The minimum absolute atomic E-state index is 0.00805. The van der Waals surface area contributed by atoms with E-state index in [0.29, 0.717) is 11.8 Å².